The Kier molecular flexibility index (Phi) is 3.03. The number of nitrogens with zero attached hydrogens (tertiary/aromatic N) is 3. The molecule has 1 aromatic rings. The van der Waals surface area contributed by atoms with Crippen LogP contribution in [-0.4, -0.2) is 27.7 Å². The van der Waals surface area contributed by atoms with E-state index in [0.717, 1.165) is 0 Å². The summed E-state index contributed by atoms with van der Waals surface area (Å²) in [6.45, 7) is 3.52. The van der Waals surface area contributed by atoms with Gasteiger partial charge in [-0.15, -0.1) is 4.68 Å². The molecule has 1 heterocycles. The zero-order chi connectivity index (χ0) is 11.6. The first-order valence-corrected chi connectivity index (χ1v) is 4.43. The van der Waals surface area contributed by atoms with Crippen molar-refractivity contribution < 1.29 is 9.72 Å². The molecular weight excluding hydrogens is 200 g/mol. The maximum Gasteiger partial charge on any atom is 0.345 e. The number of hydrogen-bond donors (Lipinski definition) is 1. The Morgan fingerprint density at radius 3 is 2.60 bits per heavy atom. The Hall–Kier alpha value is -1.92. The van der Waals surface area contributed by atoms with Gasteiger partial charge in [0, 0.05) is 7.05 Å². The van der Waals surface area contributed by atoms with Gasteiger partial charge in [0.25, 0.3) is 5.91 Å². The maximum atomic E-state index is 11.2. The molecule has 7 nitrogen and oxygen atoms in total. The van der Waals surface area contributed by atoms with Gasteiger partial charge in [0.05, 0.1) is 6.07 Å². The highest BCUT2D eigenvalue weighted by Crippen LogP contribution is 2.18. The third kappa shape index (κ3) is 2.12. The molecule has 0 fully saturated rings. The fraction of sp³-hybridized carbons (Fsp3) is 0.500. The molecule has 0 spiro atoms. The lowest BCUT2D eigenvalue weighted by Gasteiger charge is -2.00. The summed E-state index contributed by atoms with van der Waals surface area (Å²) in [6.07, 6.45) is 0. The Labute approximate surface area is 86.2 Å². The second kappa shape index (κ2) is 4.07. The lowest BCUT2D eigenvalue weighted by Crippen LogP contribution is -2.18. The minimum Gasteiger partial charge on any atom is -0.358 e. The quantitative estimate of drug-likeness (QED) is 0.590. The van der Waals surface area contributed by atoms with Crippen LogP contribution in [0.4, 0.5) is 5.82 Å². The minimum atomic E-state index is -0.556. The van der Waals surface area contributed by atoms with Crippen LogP contribution < -0.4 is 5.32 Å². The number of carbonyl (C=O) groups is 1. The Morgan fingerprint density at radius 2 is 2.27 bits per heavy atom. The molecule has 1 rings (SSSR count). The largest absolute Gasteiger partial charge is 0.358 e. The van der Waals surface area contributed by atoms with E-state index in [2.05, 4.69) is 10.4 Å². The number of aromatic nitrogens is 2. The van der Waals surface area contributed by atoms with Crippen molar-refractivity contribution in [2.75, 3.05) is 7.05 Å². The van der Waals surface area contributed by atoms with Crippen LogP contribution in [0.5, 0.6) is 0 Å². The van der Waals surface area contributed by atoms with Crippen molar-refractivity contribution in [3.63, 3.8) is 0 Å². The van der Waals surface area contributed by atoms with E-state index in [1.54, 1.807) is 13.8 Å². The van der Waals surface area contributed by atoms with Crippen molar-refractivity contribution >= 4 is 11.7 Å². The standard InChI is InChI=1S/C8H12N4O3/c1-5(2)11-7(12(14)15)4-6(10-11)8(13)9-3/h4-5H,1-3H3,(H,9,13). The smallest absolute Gasteiger partial charge is 0.345 e. The summed E-state index contributed by atoms with van der Waals surface area (Å²) in [5.41, 5.74) is 0.0536. The van der Waals surface area contributed by atoms with Crippen molar-refractivity contribution in [3.8, 4) is 0 Å². The number of hydrogen-bond acceptors (Lipinski definition) is 4. The predicted molar refractivity (Wildman–Crippen MR) is 52.7 cm³/mol. The average Bonchev–Trinajstić information content (AvgIpc) is 2.61. The van der Waals surface area contributed by atoms with E-state index in [1.165, 1.54) is 17.8 Å². The van der Waals surface area contributed by atoms with Crippen molar-refractivity contribution in [2.45, 2.75) is 19.9 Å². The molecule has 0 unspecified atom stereocenters. The highest BCUT2D eigenvalue weighted by Gasteiger charge is 2.23. The van der Waals surface area contributed by atoms with Gasteiger partial charge in [-0.25, -0.2) is 0 Å². The Balaban J connectivity index is 3.21. The number of nitro groups is 1. The Bertz CT molecular complexity index is 397. The third-order valence-corrected chi connectivity index (χ3v) is 1.85. The highest BCUT2D eigenvalue weighted by atomic mass is 16.6. The third-order valence-electron chi connectivity index (χ3n) is 1.85. The van der Waals surface area contributed by atoms with Crippen LogP contribution in [0.3, 0.4) is 0 Å². The number of amides is 1. The fourth-order valence-corrected chi connectivity index (χ4v) is 1.14. The van der Waals surface area contributed by atoms with Gasteiger partial charge in [0.2, 0.25) is 0 Å². The van der Waals surface area contributed by atoms with E-state index in [9.17, 15) is 14.9 Å². The first kappa shape index (κ1) is 11.2. The molecule has 0 aromatic carbocycles. The molecule has 1 N–H and O–H groups in total. The van der Waals surface area contributed by atoms with Gasteiger partial charge < -0.3 is 15.4 Å². The highest BCUT2D eigenvalue weighted by molar-refractivity contribution is 5.92. The zero-order valence-electron chi connectivity index (χ0n) is 8.72. The first-order valence-electron chi connectivity index (χ1n) is 4.43. The molecule has 82 valence electrons. The second-order valence-electron chi connectivity index (χ2n) is 3.26. The molecule has 0 aliphatic rings. The molecule has 0 aliphatic carbocycles. The Morgan fingerprint density at radius 1 is 1.67 bits per heavy atom. The van der Waals surface area contributed by atoms with Crippen molar-refractivity contribution in [1.82, 2.24) is 15.1 Å². The summed E-state index contributed by atoms with van der Waals surface area (Å²) in [5, 5.41) is 16.9. The molecule has 1 amide bonds. The summed E-state index contributed by atoms with van der Waals surface area (Å²) < 4.78 is 1.21. The summed E-state index contributed by atoms with van der Waals surface area (Å²) in [5.74, 6) is -0.610. The van der Waals surface area contributed by atoms with Crippen LogP contribution in [0.15, 0.2) is 6.07 Å². The van der Waals surface area contributed by atoms with Crippen molar-refractivity contribution in [2.24, 2.45) is 0 Å². The van der Waals surface area contributed by atoms with E-state index in [-0.39, 0.29) is 17.6 Å². The normalized spacial score (nSPS) is 10.4. The lowest BCUT2D eigenvalue weighted by atomic mass is 10.4. The van der Waals surface area contributed by atoms with Crippen LogP contribution in [0.1, 0.15) is 30.4 Å². The topological polar surface area (TPSA) is 90.1 Å². The summed E-state index contributed by atoms with van der Waals surface area (Å²) in [6, 6.07) is 1.00. The van der Waals surface area contributed by atoms with Crippen molar-refractivity contribution in [1.29, 1.82) is 0 Å². The van der Waals surface area contributed by atoms with Crippen molar-refractivity contribution in [3.05, 3.63) is 21.9 Å². The molecule has 0 radical (unpaired) electrons. The summed E-state index contributed by atoms with van der Waals surface area (Å²) in [7, 11) is 1.45. The molecule has 1 aromatic heterocycles. The van der Waals surface area contributed by atoms with E-state index in [0.29, 0.717) is 0 Å². The fourth-order valence-electron chi connectivity index (χ4n) is 1.14. The first-order chi connectivity index (χ1) is 6.97. The van der Waals surface area contributed by atoms with Crippen LogP contribution >= 0.6 is 0 Å². The van der Waals surface area contributed by atoms with E-state index in [4.69, 9.17) is 0 Å². The van der Waals surface area contributed by atoms with Crippen LogP contribution in [0, 0.1) is 10.1 Å². The van der Waals surface area contributed by atoms with Gasteiger partial charge in [-0.3, -0.25) is 4.79 Å². The molecule has 0 bridgehead atoms. The van der Waals surface area contributed by atoms with Crippen LogP contribution in [-0.2, 0) is 0 Å². The molecule has 0 saturated carbocycles. The van der Waals surface area contributed by atoms with Gasteiger partial charge in [0.15, 0.2) is 5.69 Å². The average molecular weight is 212 g/mol. The SMILES string of the molecule is CNC(=O)c1cc([N+](=O)[O-])n(C(C)C)n1. The molecule has 0 aliphatic heterocycles. The monoisotopic (exact) mass is 212 g/mol. The molecule has 0 saturated heterocycles. The molecule has 7 heteroatoms. The number of rotatable bonds is 3. The van der Waals surface area contributed by atoms with E-state index < -0.39 is 10.8 Å². The van der Waals surface area contributed by atoms with Gasteiger partial charge in [-0.05, 0) is 18.8 Å². The number of carbonyl (C=O) groups excluding carboxylic acids is 1. The minimum absolute atomic E-state index is 0.0536. The van der Waals surface area contributed by atoms with E-state index in [1.807, 2.05) is 0 Å². The predicted octanol–water partition coefficient (Wildman–Crippen LogP) is 0.732. The van der Waals surface area contributed by atoms with Crippen LogP contribution in [0.2, 0.25) is 0 Å². The van der Waals surface area contributed by atoms with Gasteiger partial charge >= 0.3 is 5.82 Å². The van der Waals surface area contributed by atoms with Gasteiger partial charge in [0.1, 0.15) is 6.04 Å². The molecule has 15 heavy (non-hydrogen) atoms. The lowest BCUT2D eigenvalue weighted by molar-refractivity contribution is -0.393. The van der Waals surface area contributed by atoms with Gasteiger partial charge in [-0.2, -0.15) is 0 Å². The van der Waals surface area contributed by atoms with Crippen LogP contribution in [0.25, 0.3) is 0 Å². The maximum absolute atomic E-state index is 11.2. The summed E-state index contributed by atoms with van der Waals surface area (Å²) >= 11 is 0. The van der Waals surface area contributed by atoms with Gasteiger partial charge in [-0.1, -0.05) is 5.10 Å². The zero-order valence-corrected chi connectivity index (χ0v) is 8.72. The second-order valence-corrected chi connectivity index (χ2v) is 3.26. The molecule has 0 atom stereocenters. The summed E-state index contributed by atoms with van der Waals surface area (Å²) in [4.78, 5) is 21.3. The molecular formula is C8H12N4O3. The van der Waals surface area contributed by atoms with E-state index >= 15 is 0 Å². The number of nitrogens with one attached hydrogen (secondary N) is 1.